The van der Waals surface area contributed by atoms with E-state index in [9.17, 15) is 15.0 Å². The van der Waals surface area contributed by atoms with Crippen LogP contribution >= 0.6 is 0 Å². The summed E-state index contributed by atoms with van der Waals surface area (Å²) in [6.45, 7) is 2.47. The van der Waals surface area contributed by atoms with E-state index in [1.165, 1.54) is 5.56 Å². The fourth-order valence-corrected chi connectivity index (χ4v) is 9.21. The molecule has 2 N–H and O–H groups in total. The Bertz CT molecular complexity index is 2470. The first-order valence-electron chi connectivity index (χ1n) is 21.5. The number of hydrogen-bond acceptors (Lipinski definition) is 6. The van der Waals surface area contributed by atoms with Crippen molar-refractivity contribution in [3.8, 4) is 29.3 Å². The summed E-state index contributed by atoms with van der Waals surface area (Å²) in [6, 6.07) is 32.7. The first-order valence-corrected chi connectivity index (χ1v) is 21.5. The zero-order valence-corrected chi connectivity index (χ0v) is 34.6. The number of aryl methyl sites for hydroxylation is 2. The van der Waals surface area contributed by atoms with Crippen LogP contribution in [0.25, 0.3) is 16.8 Å². The highest BCUT2D eigenvalue weighted by Gasteiger charge is 2.28. The van der Waals surface area contributed by atoms with Crippen molar-refractivity contribution in [1.82, 2.24) is 0 Å². The molecule has 0 saturated carbocycles. The molecule has 5 atom stereocenters. The number of methoxy groups -OCH3 is 1. The Balaban J connectivity index is 1.16. The van der Waals surface area contributed by atoms with Gasteiger partial charge in [-0.1, -0.05) is 116 Å². The first kappa shape index (κ1) is 40.6. The summed E-state index contributed by atoms with van der Waals surface area (Å²) in [5.41, 5.74) is 7.31. The number of aromatic hydroxyl groups is 1. The number of phenols is 1. The zero-order chi connectivity index (χ0) is 41.4. The molecule has 5 aromatic rings. The number of benzene rings is 5. The van der Waals surface area contributed by atoms with Crippen molar-refractivity contribution in [3.63, 3.8) is 0 Å². The highest BCUT2D eigenvalue weighted by Crippen LogP contribution is 2.45. The smallest absolute Gasteiger partial charge is 0.161 e. The minimum absolute atomic E-state index is 0.0249. The van der Waals surface area contributed by atoms with Crippen molar-refractivity contribution >= 4 is 22.6 Å². The lowest BCUT2D eigenvalue weighted by atomic mass is 9.80. The SMILES string of the molecule is COc1ccc2cc1OCc1ccc3c(c(O)cc4c3c1C=CC4C)C(Cc1ccccc1)C#COC(CC1C=C(O)C=CC1CCCCc1ccccc1)CC(=O)CC2. The average molecular weight is 799 g/mol. The molecule has 6 heteroatoms. The predicted molar refractivity (Wildman–Crippen MR) is 239 cm³/mol. The van der Waals surface area contributed by atoms with Gasteiger partial charge in [0.15, 0.2) is 11.5 Å². The van der Waals surface area contributed by atoms with Crippen LogP contribution in [0.3, 0.4) is 0 Å². The van der Waals surface area contributed by atoms with Gasteiger partial charge in [0.2, 0.25) is 0 Å². The van der Waals surface area contributed by atoms with Crippen LogP contribution in [0.15, 0.2) is 127 Å². The third kappa shape index (κ3) is 9.48. The molecule has 0 saturated heterocycles. The van der Waals surface area contributed by atoms with Crippen LogP contribution in [0.4, 0.5) is 0 Å². The van der Waals surface area contributed by atoms with E-state index in [0.717, 1.165) is 69.8 Å². The Kier molecular flexibility index (Phi) is 12.7. The Morgan fingerprint density at radius 3 is 2.45 bits per heavy atom. The fraction of sp³-hybridized carbons (Fsp3) is 0.315. The van der Waals surface area contributed by atoms with E-state index in [1.807, 2.05) is 54.6 Å². The van der Waals surface area contributed by atoms with Gasteiger partial charge >= 0.3 is 0 Å². The van der Waals surface area contributed by atoms with E-state index >= 15 is 0 Å². The summed E-state index contributed by atoms with van der Waals surface area (Å²) in [5.74, 6) is 5.08. The maximum Gasteiger partial charge on any atom is 0.161 e. The highest BCUT2D eigenvalue weighted by molar-refractivity contribution is 6.00. The minimum atomic E-state index is -0.509. The molecule has 0 radical (unpaired) electrons. The second-order valence-electron chi connectivity index (χ2n) is 16.6. The minimum Gasteiger partial charge on any atom is -0.508 e. The molecule has 5 unspecified atom stereocenters. The van der Waals surface area contributed by atoms with Crippen molar-refractivity contribution < 1.29 is 29.2 Å². The van der Waals surface area contributed by atoms with Crippen molar-refractivity contribution in [2.45, 2.75) is 89.3 Å². The van der Waals surface area contributed by atoms with Gasteiger partial charge < -0.3 is 24.4 Å². The highest BCUT2D eigenvalue weighted by atomic mass is 16.5. The third-order valence-electron chi connectivity index (χ3n) is 12.5. The molecule has 0 spiro atoms. The number of phenolic OH excluding ortho intramolecular Hbond substituents is 1. The quantitative estimate of drug-likeness (QED) is 0.108. The molecular weight excluding hydrogens is 745 g/mol. The zero-order valence-electron chi connectivity index (χ0n) is 34.6. The molecule has 2 heterocycles. The summed E-state index contributed by atoms with van der Waals surface area (Å²) in [7, 11) is 1.64. The van der Waals surface area contributed by atoms with Crippen molar-refractivity contribution in [2.24, 2.45) is 11.8 Å². The van der Waals surface area contributed by atoms with Crippen molar-refractivity contribution in [3.05, 3.63) is 166 Å². The van der Waals surface area contributed by atoms with Gasteiger partial charge in [0.05, 0.1) is 13.0 Å². The summed E-state index contributed by atoms with van der Waals surface area (Å²) in [5, 5.41) is 24.7. The van der Waals surface area contributed by atoms with E-state index in [-0.39, 0.29) is 41.5 Å². The number of unbranched alkanes of at least 4 members (excludes halogenated alkanes) is 1. The molecular formula is C54H54O6. The van der Waals surface area contributed by atoms with Gasteiger partial charge in [-0.2, -0.15) is 0 Å². The Morgan fingerprint density at radius 2 is 1.65 bits per heavy atom. The maximum absolute atomic E-state index is 13.9. The topological polar surface area (TPSA) is 85.2 Å². The maximum atomic E-state index is 13.9. The van der Waals surface area contributed by atoms with Crippen LogP contribution in [0.5, 0.6) is 17.2 Å². The fourth-order valence-electron chi connectivity index (χ4n) is 9.21. The van der Waals surface area contributed by atoms with E-state index in [4.69, 9.17) is 14.2 Å². The first-order chi connectivity index (χ1) is 29.3. The summed E-state index contributed by atoms with van der Waals surface area (Å²) >= 11 is 0. The lowest BCUT2D eigenvalue weighted by Crippen LogP contribution is -2.24. The number of ketones is 1. The van der Waals surface area contributed by atoms with Gasteiger partial charge in [-0.15, -0.1) is 0 Å². The normalized spacial score (nSPS) is 21.2. The number of aliphatic hydroxyl groups is 1. The number of carbonyl (C=O) groups is 1. The molecule has 6 bridgehead atoms. The lowest BCUT2D eigenvalue weighted by Gasteiger charge is -2.28. The van der Waals surface area contributed by atoms with Crippen LogP contribution in [-0.4, -0.2) is 29.2 Å². The molecule has 9 rings (SSSR count). The van der Waals surface area contributed by atoms with Crippen LogP contribution in [0, 0.1) is 23.9 Å². The van der Waals surface area contributed by atoms with Crippen molar-refractivity contribution in [1.29, 1.82) is 0 Å². The number of rotatable bonds is 10. The van der Waals surface area contributed by atoms with Crippen LogP contribution in [0.1, 0.15) is 96.2 Å². The molecule has 5 aromatic carbocycles. The molecule has 6 nitrogen and oxygen atoms in total. The van der Waals surface area contributed by atoms with E-state index in [0.29, 0.717) is 43.8 Å². The van der Waals surface area contributed by atoms with Crippen LogP contribution in [-0.2, 0) is 35.4 Å². The molecule has 0 fully saturated rings. The van der Waals surface area contributed by atoms with Gasteiger partial charge in [0.1, 0.15) is 36.1 Å². The molecule has 4 aliphatic rings. The molecule has 60 heavy (non-hydrogen) atoms. The molecule has 306 valence electrons. The van der Waals surface area contributed by atoms with E-state index in [1.54, 1.807) is 13.2 Å². The number of carbonyl (C=O) groups excluding carboxylic acids is 1. The van der Waals surface area contributed by atoms with Crippen molar-refractivity contribution in [2.75, 3.05) is 7.11 Å². The van der Waals surface area contributed by atoms with Gasteiger partial charge in [-0.05, 0) is 125 Å². The lowest BCUT2D eigenvalue weighted by molar-refractivity contribution is -0.121. The van der Waals surface area contributed by atoms with Gasteiger partial charge in [0.25, 0.3) is 0 Å². The van der Waals surface area contributed by atoms with Gasteiger partial charge in [-0.3, -0.25) is 4.79 Å². The average Bonchev–Trinajstić information content (AvgIpc) is 3.26. The molecule has 0 aromatic heterocycles. The molecule has 2 aliphatic heterocycles. The van der Waals surface area contributed by atoms with E-state index < -0.39 is 12.0 Å². The number of allylic oxidation sites excluding steroid dienone is 4. The molecule has 2 aliphatic carbocycles. The number of Topliss-reactive ketones (excluding diaryl/α,β-unsaturated/α-hetero) is 1. The Morgan fingerprint density at radius 1 is 0.850 bits per heavy atom. The standard InChI is InChI=1S/C54H54O6/c1-36-17-24-47-42-21-25-48-53(50(57)34-49(36)54(47)48)41(29-38-14-7-4-8-15-38)27-28-59-46(33-45(56)22-18-39-19-26-51(58-2)52(30-39)60-35-42)32-43-31-44(55)23-20-40(43)16-10-9-13-37-11-5-3-6-12-37/h3-8,11-12,14-15,17,19-21,23-26,30-31,34,36,40-41,43,46,55,57H,9-10,13,16,18,22,29,32-33,35H2,1-2H3. The van der Waals surface area contributed by atoms with Crippen LogP contribution < -0.4 is 9.47 Å². The Labute approximate surface area is 354 Å². The van der Waals surface area contributed by atoms with Crippen LogP contribution in [0.2, 0.25) is 0 Å². The number of ether oxygens (including phenoxy) is 3. The Hall–Kier alpha value is -6.19. The summed E-state index contributed by atoms with van der Waals surface area (Å²) < 4.78 is 18.7. The third-order valence-corrected chi connectivity index (χ3v) is 12.5. The second-order valence-corrected chi connectivity index (χ2v) is 16.6. The molecule has 0 amide bonds. The van der Waals surface area contributed by atoms with E-state index in [2.05, 4.69) is 85.7 Å². The summed E-state index contributed by atoms with van der Waals surface area (Å²) in [6.07, 6.45) is 19.0. The number of aliphatic hydroxyl groups excluding tert-OH is 1. The number of fused-ring (bicyclic) bond motifs is 9. The number of hydrogen-bond donors (Lipinski definition) is 2. The summed E-state index contributed by atoms with van der Waals surface area (Å²) in [4.78, 5) is 13.9. The van der Waals surface area contributed by atoms with Gasteiger partial charge in [-0.25, -0.2) is 0 Å². The van der Waals surface area contributed by atoms with Gasteiger partial charge in [0, 0.05) is 24.3 Å². The predicted octanol–water partition coefficient (Wildman–Crippen LogP) is 11.9. The monoisotopic (exact) mass is 798 g/mol. The largest absolute Gasteiger partial charge is 0.508 e. The second kappa shape index (κ2) is 18.8.